The Morgan fingerprint density at radius 1 is 0.763 bits per heavy atom. The van der Waals surface area contributed by atoms with E-state index in [1.54, 1.807) is 40.4 Å². The Morgan fingerprint density at radius 2 is 1.39 bits per heavy atom. The molecule has 4 heterocycles. The molecule has 0 radical (unpaired) electrons. The number of methoxy groups -OCH3 is 1. The van der Waals surface area contributed by atoms with E-state index in [9.17, 15) is 69.3 Å². The van der Waals surface area contributed by atoms with Crippen LogP contribution in [0.5, 0.6) is 17.2 Å². The van der Waals surface area contributed by atoms with E-state index >= 15 is 0 Å². The van der Waals surface area contributed by atoms with E-state index in [2.05, 4.69) is 46.2 Å². The van der Waals surface area contributed by atoms with Crippen molar-refractivity contribution in [2.75, 3.05) is 67.6 Å². The summed E-state index contributed by atoms with van der Waals surface area (Å²) in [6.07, 6.45) is -6.76. The van der Waals surface area contributed by atoms with E-state index in [1.807, 2.05) is 24.3 Å². The molecule has 3 fully saturated rings. The maximum absolute atomic E-state index is 15.0. The number of amides is 7. The highest BCUT2D eigenvalue weighted by molar-refractivity contribution is 7.90. The topological polar surface area (TPSA) is 423 Å². The number of rotatable bonds is 25. The highest BCUT2D eigenvalue weighted by atomic mass is 32.2. The van der Waals surface area contributed by atoms with E-state index in [-0.39, 0.29) is 47.4 Å². The lowest BCUT2D eigenvalue weighted by atomic mass is 9.98. The fraction of sp³-hybridized carbons (Fsp3) is 0.557. The Balaban J connectivity index is 1.16. The molecule has 3 saturated heterocycles. The summed E-state index contributed by atoms with van der Waals surface area (Å²) < 4.78 is 20.6. The van der Waals surface area contributed by atoms with Crippen LogP contribution < -0.4 is 40.6 Å². The largest absolute Gasteiger partial charge is 0.870 e. The van der Waals surface area contributed by atoms with Crippen LogP contribution >= 0.6 is 23.7 Å². The summed E-state index contributed by atoms with van der Waals surface area (Å²) in [5.74, 6) is -8.85. The average molecular weight is 1340 g/mol. The molecule has 3 aliphatic rings. The fourth-order valence-electron chi connectivity index (χ4n) is 11.0. The van der Waals surface area contributed by atoms with Gasteiger partial charge < -0.3 is 90.3 Å². The standard InChI is InChI=1S/C61H84N10O20S2/c1-33-31-70-51(52(33)78)57(83)62-30-39(73)28-42(63-53(79)36-13-15-37(16-14-36)58-67-68-59(92-58)38-17-19-41(20-18-38)88-25-11-9-7-8-10-24-87-6)54(80)64-48(34(2)72)60(84)69-32-40(74)29-43(69)55(81)65-49(56(82)66-50(61(70)85)45(76)22-23-71(3,4)5)46(77)26-35-12-21-44(75)47(27-35)89-93-91-90-86/h12-21,27,33-34,39-40,42-43,45-46,48-52,72-74,76-78H,7-11,22-26,28-32H2,1-6H3,(H6-,62,63,64,65,66,75,79,80,81,82,83,86)/t33-,34+,39+,40+,42+,43+,45-,46-,48+,49+,50+,51+,52+/m1/s1. The first-order valence-electron chi connectivity index (χ1n) is 30.5. The molecule has 1 aromatic heterocycles. The molecule has 0 unspecified atom stereocenters. The summed E-state index contributed by atoms with van der Waals surface area (Å²) in [4.78, 5) is 104. The second-order valence-corrected chi connectivity index (χ2v) is 25.9. The van der Waals surface area contributed by atoms with Gasteiger partial charge in [-0.15, -0.1) is 10.2 Å². The van der Waals surface area contributed by atoms with Crippen LogP contribution in [0.2, 0.25) is 0 Å². The molecule has 12 N–H and O–H groups in total. The molecular weight excluding hydrogens is 1260 g/mol. The van der Waals surface area contributed by atoms with Gasteiger partial charge in [0.05, 0.1) is 70.9 Å². The van der Waals surface area contributed by atoms with Gasteiger partial charge in [0.2, 0.25) is 35.4 Å². The molecule has 13 atom stereocenters. The van der Waals surface area contributed by atoms with Crippen molar-refractivity contribution in [3.8, 4) is 38.4 Å². The van der Waals surface area contributed by atoms with Gasteiger partial charge in [-0.25, -0.2) is 5.26 Å². The second-order valence-electron chi connectivity index (χ2n) is 24.5. The minimum Gasteiger partial charge on any atom is -0.870 e. The molecule has 510 valence electrons. The molecule has 30 nitrogen and oxygen atoms in total. The maximum Gasteiger partial charge on any atom is 0.261 e. The number of carbonyl (C=O) groups is 7. The van der Waals surface area contributed by atoms with Gasteiger partial charge in [0.15, 0.2) is 0 Å². The van der Waals surface area contributed by atoms with Crippen LogP contribution in [0, 0.1) is 5.92 Å². The van der Waals surface area contributed by atoms with Crippen LogP contribution in [0.1, 0.15) is 81.1 Å². The number of unbranched alkanes of at least 4 members (excludes halogenated alkanes) is 4. The van der Waals surface area contributed by atoms with Crippen LogP contribution in [0.4, 0.5) is 0 Å². The summed E-state index contributed by atoms with van der Waals surface area (Å²) in [6.45, 7) is 2.71. The van der Waals surface area contributed by atoms with Crippen LogP contribution in [-0.2, 0) is 49.3 Å². The third-order valence-electron chi connectivity index (χ3n) is 16.2. The molecule has 32 heteroatoms. The molecule has 7 amide bonds. The predicted molar refractivity (Wildman–Crippen MR) is 333 cm³/mol. The van der Waals surface area contributed by atoms with E-state index < -0.39 is 164 Å². The highest BCUT2D eigenvalue weighted by Gasteiger charge is 2.50. The van der Waals surface area contributed by atoms with E-state index in [1.165, 1.54) is 36.5 Å². The Hall–Kier alpha value is -7.18. The van der Waals surface area contributed by atoms with Crippen molar-refractivity contribution in [1.29, 1.82) is 0 Å². The number of aromatic nitrogens is 2. The van der Waals surface area contributed by atoms with Gasteiger partial charge in [-0.3, -0.25) is 33.6 Å². The summed E-state index contributed by atoms with van der Waals surface area (Å²) in [6, 6.07) is 5.91. The number of hydrogen-bond acceptors (Lipinski definition) is 24. The highest BCUT2D eigenvalue weighted by Crippen LogP contribution is 2.33. The fourth-order valence-corrected chi connectivity index (χ4v) is 12.1. The number of carbonyl (C=O) groups excluding carboxylic acids is 7. The molecule has 0 bridgehead atoms. The zero-order valence-corrected chi connectivity index (χ0v) is 54.1. The van der Waals surface area contributed by atoms with Gasteiger partial charge in [0, 0.05) is 81.6 Å². The number of benzene rings is 3. The Bertz CT molecular complexity index is 3160. The first-order valence-corrected chi connectivity index (χ1v) is 32.0. The van der Waals surface area contributed by atoms with E-state index in [0.717, 1.165) is 78.9 Å². The maximum atomic E-state index is 15.0. The summed E-state index contributed by atoms with van der Waals surface area (Å²) in [7, 11) is 7.08. The Morgan fingerprint density at radius 3 is 2.03 bits per heavy atom. The van der Waals surface area contributed by atoms with Crippen molar-refractivity contribution in [1.82, 2.24) is 46.6 Å². The predicted octanol–water partition coefficient (Wildman–Crippen LogP) is -0.671. The number of fused-ring (bicyclic) bond motifs is 2. The molecule has 93 heavy (non-hydrogen) atoms. The van der Waals surface area contributed by atoms with Gasteiger partial charge in [-0.05, 0) is 67.8 Å². The average Bonchev–Trinajstić information content (AvgIpc) is 1.72. The number of nitrogens with one attached hydrogen (secondary N) is 5. The van der Waals surface area contributed by atoms with Crippen molar-refractivity contribution in [2.45, 2.75) is 145 Å². The van der Waals surface area contributed by atoms with Gasteiger partial charge in [-0.1, -0.05) is 76.9 Å². The molecule has 3 aliphatic heterocycles. The van der Waals surface area contributed by atoms with Gasteiger partial charge in [0.1, 0.15) is 57.8 Å². The summed E-state index contributed by atoms with van der Waals surface area (Å²) in [5.41, 5.74) is 1.52. The number of aliphatic hydroxyl groups excluding tert-OH is 6. The van der Waals surface area contributed by atoms with E-state index in [4.69, 9.17) is 18.9 Å². The van der Waals surface area contributed by atoms with Crippen LogP contribution in [0.3, 0.4) is 0 Å². The lowest BCUT2D eigenvalue weighted by molar-refractivity contribution is -0.870. The lowest BCUT2D eigenvalue weighted by Crippen LogP contribution is -2.64. The monoisotopic (exact) mass is 1340 g/mol. The minimum absolute atomic E-state index is 0.0238. The van der Waals surface area contributed by atoms with Gasteiger partial charge in [0.25, 0.3) is 18.2 Å². The molecule has 0 spiro atoms. The smallest absolute Gasteiger partial charge is 0.261 e. The van der Waals surface area contributed by atoms with Crippen molar-refractivity contribution in [3.63, 3.8) is 0 Å². The number of quaternary nitrogens is 1. The lowest BCUT2D eigenvalue weighted by Gasteiger charge is -2.34. The quantitative estimate of drug-likeness (QED) is 0.0129. The molecular formula is C61H84N10O20S2. The number of nitrogens with zero attached hydrogens (tertiary/aromatic N) is 5. The van der Waals surface area contributed by atoms with Gasteiger partial charge >= 0.3 is 0 Å². The van der Waals surface area contributed by atoms with Crippen molar-refractivity contribution in [3.05, 3.63) is 77.9 Å². The number of ether oxygens (including phenoxy) is 2. The van der Waals surface area contributed by atoms with Crippen molar-refractivity contribution in [2.24, 2.45) is 5.92 Å². The number of aliphatic hydroxyl groups is 6. The van der Waals surface area contributed by atoms with Crippen molar-refractivity contribution >= 4 is 65.0 Å². The first-order chi connectivity index (χ1) is 44.3. The normalized spacial score (nSPS) is 24.7. The summed E-state index contributed by atoms with van der Waals surface area (Å²) >= 11 is 1.35. The number of hydrogen-bond donors (Lipinski definition) is 12. The molecule has 4 aromatic rings. The van der Waals surface area contributed by atoms with E-state index in [0.29, 0.717) is 22.2 Å². The zero-order valence-electron chi connectivity index (χ0n) is 52.5. The third-order valence-corrected chi connectivity index (χ3v) is 17.5. The SMILES string of the molecule is COCCCCCCCOc1ccc(-c2nnc(-c3ccc(C(=O)N[C@H]4C[C@H](O)CNC(=O)[C@@H]5[C@@H](O)[C@H](C)CN5C(=O)[C@H]([C@H](O)CC[N+](C)(C)C)NC(=O)[C@H]([C@H](O)Cc5ccc([O-])c(OSOOO)c5)NC(=O)[C@@H]5C[C@H](O)CN5C(=O)[C@H]([C@H](C)O)NC4=O)cc3)s2)cc1. The van der Waals surface area contributed by atoms with Crippen LogP contribution in [0.25, 0.3) is 21.1 Å². The molecule has 7 rings (SSSR count). The summed E-state index contributed by atoms with van der Waals surface area (Å²) in [5, 5.41) is 116. The second kappa shape index (κ2) is 34.3. The zero-order chi connectivity index (χ0) is 67.7. The van der Waals surface area contributed by atoms with Crippen LogP contribution in [0.15, 0.2) is 66.7 Å². The molecule has 3 aromatic carbocycles. The molecule has 0 saturated carbocycles. The van der Waals surface area contributed by atoms with Gasteiger partial charge in [-0.2, -0.15) is 0 Å². The van der Waals surface area contributed by atoms with Crippen LogP contribution in [-0.4, -0.2) is 242 Å². The third kappa shape index (κ3) is 20.4. The first kappa shape index (κ1) is 73.2. The minimum atomic E-state index is -2.11. The van der Waals surface area contributed by atoms with Crippen molar-refractivity contribution < 1.29 is 102 Å². The molecule has 0 aliphatic carbocycles. The Labute approximate surface area is 545 Å². The number of β-amino-alcohol motifs (C(OH)–C–C–N with tert-alkyl or cyclic N) is 1. The Kier molecular flexibility index (Phi) is 27.0.